The summed E-state index contributed by atoms with van der Waals surface area (Å²) in [6, 6.07) is 0. The van der Waals surface area contributed by atoms with E-state index in [-0.39, 0.29) is 6.54 Å². The van der Waals surface area contributed by atoms with Gasteiger partial charge >= 0.3 is 0 Å². The molecule has 0 fully saturated rings. The molecule has 0 unspecified atom stereocenters. The number of hydrogen-bond acceptors (Lipinski definition) is 2. The third kappa shape index (κ3) is 10.1. The molecule has 0 spiro atoms. The number of allylic oxidation sites excluding steroid dienone is 3. The molecule has 19 heavy (non-hydrogen) atoms. The van der Waals surface area contributed by atoms with E-state index in [0.29, 0.717) is 12.4 Å². The summed E-state index contributed by atoms with van der Waals surface area (Å²) in [5, 5.41) is 6.07. The summed E-state index contributed by atoms with van der Waals surface area (Å²) in [6.07, 6.45) is 6.86. The number of rotatable bonds is 9. The van der Waals surface area contributed by atoms with Crippen molar-refractivity contribution in [3.05, 3.63) is 48.4 Å². The van der Waals surface area contributed by atoms with Crippen molar-refractivity contribution in [2.75, 3.05) is 13.1 Å². The van der Waals surface area contributed by atoms with Crippen LogP contribution in [0.15, 0.2) is 48.4 Å². The number of alkyl halides is 1. The van der Waals surface area contributed by atoms with E-state index < -0.39 is 5.67 Å². The highest BCUT2D eigenvalue weighted by atomic mass is 19.1. The first-order valence-electron chi connectivity index (χ1n) is 6.63. The van der Waals surface area contributed by atoms with Gasteiger partial charge in [-0.05, 0) is 32.8 Å². The summed E-state index contributed by atoms with van der Waals surface area (Å²) < 4.78 is 13.3. The van der Waals surface area contributed by atoms with Gasteiger partial charge in [0.05, 0.1) is 5.82 Å². The second kappa shape index (κ2) is 8.57. The molecule has 3 heteroatoms. The first kappa shape index (κ1) is 17.5. The zero-order chi connectivity index (χ0) is 14.9. The van der Waals surface area contributed by atoms with Crippen LogP contribution in [0.1, 0.15) is 34.1 Å². The predicted octanol–water partition coefficient (Wildman–Crippen LogP) is 3.85. The molecule has 0 radical (unpaired) electrons. The summed E-state index contributed by atoms with van der Waals surface area (Å²) >= 11 is 0. The van der Waals surface area contributed by atoms with Gasteiger partial charge in [0.1, 0.15) is 5.67 Å². The van der Waals surface area contributed by atoms with Crippen LogP contribution in [-0.4, -0.2) is 18.8 Å². The Morgan fingerprint density at radius 3 is 2.42 bits per heavy atom. The van der Waals surface area contributed by atoms with Crippen LogP contribution in [-0.2, 0) is 0 Å². The molecular formula is C16H27FN2. The Bertz CT molecular complexity index is 359. The van der Waals surface area contributed by atoms with Crippen LogP contribution in [0.3, 0.4) is 0 Å². The summed E-state index contributed by atoms with van der Waals surface area (Å²) in [4.78, 5) is 0. The molecule has 0 saturated heterocycles. The van der Waals surface area contributed by atoms with Crippen molar-refractivity contribution in [1.29, 1.82) is 0 Å². The minimum absolute atomic E-state index is 0.239. The van der Waals surface area contributed by atoms with E-state index in [2.05, 4.69) is 43.7 Å². The summed E-state index contributed by atoms with van der Waals surface area (Å²) in [7, 11) is 0. The number of hydrogen-bond donors (Lipinski definition) is 2. The monoisotopic (exact) mass is 266 g/mol. The van der Waals surface area contributed by atoms with Gasteiger partial charge in [-0.15, -0.1) is 0 Å². The molecular weight excluding hydrogens is 239 g/mol. The average molecular weight is 266 g/mol. The standard InChI is InChI=1S/C16H27FN2/c1-7-9-15(10-13(3)8-2)11-18-14(4)19-12-16(5,6)17/h7,9-10,18-19H,1,4,8,11-12H2,2-3,5-6H3/b13-10+,15-9+. The smallest absolute Gasteiger partial charge is 0.122 e. The van der Waals surface area contributed by atoms with Gasteiger partial charge in [-0.1, -0.05) is 43.9 Å². The van der Waals surface area contributed by atoms with Crippen LogP contribution in [0.5, 0.6) is 0 Å². The Hall–Kier alpha value is -1.51. The largest absolute Gasteiger partial charge is 0.369 e. The van der Waals surface area contributed by atoms with E-state index in [0.717, 1.165) is 12.0 Å². The van der Waals surface area contributed by atoms with Gasteiger partial charge in [-0.2, -0.15) is 0 Å². The summed E-state index contributed by atoms with van der Waals surface area (Å²) in [5.74, 6) is 0.628. The van der Waals surface area contributed by atoms with Crippen molar-refractivity contribution in [3.63, 3.8) is 0 Å². The topological polar surface area (TPSA) is 24.1 Å². The Morgan fingerprint density at radius 2 is 1.95 bits per heavy atom. The van der Waals surface area contributed by atoms with Gasteiger partial charge in [-0.3, -0.25) is 0 Å². The van der Waals surface area contributed by atoms with Crippen LogP contribution >= 0.6 is 0 Å². The summed E-state index contributed by atoms with van der Waals surface area (Å²) in [6.45, 7) is 15.7. The van der Waals surface area contributed by atoms with Crippen molar-refractivity contribution in [1.82, 2.24) is 10.6 Å². The molecule has 2 nitrogen and oxygen atoms in total. The molecule has 0 amide bonds. The maximum atomic E-state index is 13.3. The Balaban J connectivity index is 4.31. The molecule has 0 aliphatic rings. The Kier molecular flexibility index (Phi) is 7.89. The fourth-order valence-corrected chi connectivity index (χ4v) is 1.32. The van der Waals surface area contributed by atoms with Crippen LogP contribution in [0.2, 0.25) is 0 Å². The molecule has 0 rings (SSSR count). The number of halogens is 1. The van der Waals surface area contributed by atoms with Crippen molar-refractivity contribution < 1.29 is 4.39 Å². The van der Waals surface area contributed by atoms with Crippen molar-refractivity contribution in [2.45, 2.75) is 39.8 Å². The fourth-order valence-electron chi connectivity index (χ4n) is 1.32. The minimum atomic E-state index is -1.25. The van der Waals surface area contributed by atoms with Gasteiger partial charge < -0.3 is 10.6 Å². The lowest BCUT2D eigenvalue weighted by atomic mass is 10.1. The van der Waals surface area contributed by atoms with Crippen molar-refractivity contribution >= 4 is 0 Å². The molecule has 0 aliphatic carbocycles. The van der Waals surface area contributed by atoms with E-state index in [1.54, 1.807) is 6.08 Å². The molecule has 0 aliphatic heterocycles. The molecule has 0 atom stereocenters. The summed E-state index contributed by atoms with van der Waals surface area (Å²) in [5.41, 5.74) is 1.18. The van der Waals surface area contributed by atoms with Crippen molar-refractivity contribution in [2.24, 2.45) is 0 Å². The lowest BCUT2D eigenvalue weighted by Crippen LogP contribution is -2.35. The Labute approximate surface area is 117 Å². The molecule has 0 aromatic heterocycles. The first-order chi connectivity index (χ1) is 8.78. The van der Waals surface area contributed by atoms with Gasteiger partial charge in [0, 0.05) is 13.1 Å². The molecule has 0 aromatic rings. The molecule has 0 heterocycles. The maximum absolute atomic E-state index is 13.3. The zero-order valence-corrected chi connectivity index (χ0v) is 12.6. The third-order valence-corrected chi connectivity index (χ3v) is 2.55. The Morgan fingerprint density at radius 1 is 1.32 bits per heavy atom. The predicted molar refractivity (Wildman–Crippen MR) is 82.7 cm³/mol. The minimum Gasteiger partial charge on any atom is -0.369 e. The fraction of sp³-hybridized carbons (Fsp3) is 0.500. The quantitative estimate of drug-likeness (QED) is 0.619. The highest BCUT2D eigenvalue weighted by molar-refractivity contribution is 5.27. The molecule has 0 bridgehead atoms. The zero-order valence-electron chi connectivity index (χ0n) is 12.6. The van der Waals surface area contributed by atoms with E-state index >= 15 is 0 Å². The van der Waals surface area contributed by atoms with Gasteiger partial charge in [0.2, 0.25) is 0 Å². The van der Waals surface area contributed by atoms with Crippen LogP contribution in [0.4, 0.5) is 4.39 Å². The molecule has 0 aromatic carbocycles. The van der Waals surface area contributed by atoms with Crippen molar-refractivity contribution in [3.8, 4) is 0 Å². The second-order valence-corrected chi connectivity index (χ2v) is 5.23. The van der Waals surface area contributed by atoms with Gasteiger partial charge in [0.25, 0.3) is 0 Å². The van der Waals surface area contributed by atoms with E-state index in [1.165, 1.54) is 19.4 Å². The number of nitrogens with one attached hydrogen (secondary N) is 2. The second-order valence-electron chi connectivity index (χ2n) is 5.23. The van der Waals surface area contributed by atoms with Gasteiger partial charge in [-0.25, -0.2) is 4.39 Å². The highest BCUT2D eigenvalue weighted by Crippen LogP contribution is 2.07. The highest BCUT2D eigenvalue weighted by Gasteiger charge is 2.14. The van der Waals surface area contributed by atoms with Gasteiger partial charge in [0.15, 0.2) is 0 Å². The first-order valence-corrected chi connectivity index (χ1v) is 6.63. The lowest BCUT2D eigenvalue weighted by Gasteiger charge is -2.18. The van der Waals surface area contributed by atoms with Crippen LogP contribution < -0.4 is 10.6 Å². The van der Waals surface area contributed by atoms with E-state index in [1.807, 2.05) is 6.08 Å². The molecule has 108 valence electrons. The molecule has 0 saturated carbocycles. The third-order valence-electron chi connectivity index (χ3n) is 2.55. The van der Waals surface area contributed by atoms with E-state index in [4.69, 9.17) is 0 Å². The van der Waals surface area contributed by atoms with E-state index in [9.17, 15) is 4.39 Å². The van der Waals surface area contributed by atoms with Crippen LogP contribution in [0, 0.1) is 0 Å². The average Bonchev–Trinajstić information content (AvgIpc) is 2.32. The maximum Gasteiger partial charge on any atom is 0.122 e. The SMILES string of the molecule is C=C/C=C(\C=C(/C)CC)CNC(=C)NCC(C)(C)F. The molecule has 2 N–H and O–H groups in total. The lowest BCUT2D eigenvalue weighted by molar-refractivity contribution is 0.214. The van der Waals surface area contributed by atoms with Crippen LogP contribution in [0.25, 0.3) is 0 Å². The normalized spacial score (nSPS) is 13.1.